The van der Waals surface area contributed by atoms with Gasteiger partial charge in [-0.05, 0) is 14.1 Å². The first-order chi connectivity index (χ1) is 3.68. The van der Waals surface area contributed by atoms with Gasteiger partial charge in [0.05, 0.1) is 0 Å². The van der Waals surface area contributed by atoms with Gasteiger partial charge in [0.25, 0.3) is 0 Å². The lowest BCUT2D eigenvalue weighted by atomic mass is 10.3. The molecule has 0 aromatic heterocycles. The minimum absolute atomic E-state index is 0.653. The van der Waals surface area contributed by atoms with E-state index in [1.807, 2.05) is 6.92 Å². The molecule has 0 aromatic rings. The normalized spacial score (nSPS) is 12.0. The van der Waals surface area contributed by atoms with E-state index in [9.17, 15) is 5.11 Å². The first kappa shape index (κ1) is 7.88. The zero-order valence-corrected chi connectivity index (χ0v) is 5.65. The van der Waals surface area contributed by atoms with Gasteiger partial charge in [-0.1, -0.05) is 6.92 Å². The minimum atomic E-state index is -0.875. The fourth-order valence-corrected chi connectivity index (χ4v) is 0.479. The van der Waals surface area contributed by atoms with Crippen LogP contribution < -0.4 is 10.6 Å². The monoisotopic (exact) mass is 118 g/mol. The summed E-state index contributed by atoms with van der Waals surface area (Å²) in [5.41, 5.74) is 0. The van der Waals surface area contributed by atoms with Gasteiger partial charge in [-0.15, -0.1) is 0 Å². The molecule has 0 aliphatic carbocycles. The van der Waals surface area contributed by atoms with Crippen LogP contribution in [0.3, 0.4) is 0 Å². The SMILES string of the molecule is CCC(O)(NC)NC. The molecule has 0 heterocycles. The molecular weight excluding hydrogens is 104 g/mol. The number of aliphatic hydroxyl groups is 1. The van der Waals surface area contributed by atoms with Gasteiger partial charge in [0, 0.05) is 6.42 Å². The van der Waals surface area contributed by atoms with Gasteiger partial charge in [0.2, 0.25) is 0 Å². The van der Waals surface area contributed by atoms with Crippen LogP contribution in [0, 0.1) is 0 Å². The summed E-state index contributed by atoms with van der Waals surface area (Å²) >= 11 is 0. The molecule has 0 aliphatic rings. The third kappa shape index (κ3) is 1.78. The molecule has 3 N–H and O–H groups in total. The fraction of sp³-hybridized carbons (Fsp3) is 1.00. The Hall–Kier alpha value is -0.120. The lowest BCUT2D eigenvalue weighted by molar-refractivity contribution is -0.0175. The third-order valence-corrected chi connectivity index (χ3v) is 1.34. The van der Waals surface area contributed by atoms with Crippen molar-refractivity contribution in [3.63, 3.8) is 0 Å². The molecule has 0 radical (unpaired) electrons. The predicted molar refractivity (Wildman–Crippen MR) is 33.4 cm³/mol. The van der Waals surface area contributed by atoms with Crippen LogP contribution >= 0.6 is 0 Å². The average molecular weight is 118 g/mol. The first-order valence-electron chi connectivity index (χ1n) is 2.78. The van der Waals surface area contributed by atoms with Crippen molar-refractivity contribution in [2.45, 2.75) is 19.2 Å². The van der Waals surface area contributed by atoms with Crippen molar-refractivity contribution in [1.29, 1.82) is 0 Å². The second kappa shape index (κ2) is 3.02. The molecule has 50 valence electrons. The number of hydrogen-bond donors (Lipinski definition) is 3. The molecule has 0 fully saturated rings. The summed E-state index contributed by atoms with van der Waals surface area (Å²) in [7, 11) is 3.42. The summed E-state index contributed by atoms with van der Waals surface area (Å²) < 4.78 is 0. The van der Waals surface area contributed by atoms with E-state index >= 15 is 0 Å². The topological polar surface area (TPSA) is 44.3 Å². The van der Waals surface area contributed by atoms with Crippen molar-refractivity contribution < 1.29 is 5.11 Å². The summed E-state index contributed by atoms with van der Waals surface area (Å²) in [5, 5.41) is 14.7. The van der Waals surface area contributed by atoms with Crippen LogP contribution in [0.5, 0.6) is 0 Å². The molecule has 0 amide bonds. The van der Waals surface area contributed by atoms with Crippen LogP contribution in [0.15, 0.2) is 0 Å². The van der Waals surface area contributed by atoms with Crippen molar-refractivity contribution in [2.24, 2.45) is 0 Å². The Morgan fingerprint density at radius 1 is 1.38 bits per heavy atom. The molecule has 0 saturated carbocycles. The highest BCUT2D eigenvalue weighted by Crippen LogP contribution is 1.95. The molecule has 0 spiro atoms. The number of nitrogens with one attached hydrogen (secondary N) is 2. The Labute approximate surface area is 50.1 Å². The minimum Gasteiger partial charge on any atom is -0.363 e. The number of rotatable bonds is 3. The maximum absolute atomic E-state index is 9.22. The Bertz CT molecular complexity index is 53.2. The molecule has 3 nitrogen and oxygen atoms in total. The lowest BCUT2D eigenvalue weighted by Crippen LogP contribution is -2.53. The summed E-state index contributed by atoms with van der Waals surface area (Å²) in [4.78, 5) is 0. The standard InChI is InChI=1S/C5H14N2O/c1-4-5(8,6-2)7-3/h6-8H,4H2,1-3H3. The van der Waals surface area contributed by atoms with E-state index in [0.717, 1.165) is 0 Å². The van der Waals surface area contributed by atoms with Gasteiger partial charge in [-0.25, -0.2) is 0 Å². The van der Waals surface area contributed by atoms with Crippen molar-refractivity contribution in [3.8, 4) is 0 Å². The summed E-state index contributed by atoms with van der Waals surface area (Å²) in [5.74, 6) is -0.875. The molecule has 0 rings (SSSR count). The molecular formula is C5H14N2O. The van der Waals surface area contributed by atoms with E-state index in [0.29, 0.717) is 6.42 Å². The molecule has 0 aromatic carbocycles. The van der Waals surface area contributed by atoms with Gasteiger partial charge in [0.15, 0.2) is 5.85 Å². The molecule has 0 unspecified atom stereocenters. The predicted octanol–water partition coefficient (Wildman–Crippen LogP) is -0.519. The Morgan fingerprint density at radius 2 is 1.75 bits per heavy atom. The van der Waals surface area contributed by atoms with Gasteiger partial charge in [-0.3, -0.25) is 10.6 Å². The second-order valence-corrected chi connectivity index (χ2v) is 1.71. The maximum Gasteiger partial charge on any atom is 0.171 e. The van der Waals surface area contributed by atoms with Crippen LogP contribution in [0.4, 0.5) is 0 Å². The van der Waals surface area contributed by atoms with E-state index < -0.39 is 5.85 Å². The molecule has 0 saturated heterocycles. The maximum atomic E-state index is 9.22. The Balaban J connectivity index is 3.58. The van der Waals surface area contributed by atoms with E-state index in [1.165, 1.54) is 0 Å². The molecule has 0 aliphatic heterocycles. The van der Waals surface area contributed by atoms with E-state index in [-0.39, 0.29) is 0 Å². The smallest absolute Gasteiger partial charge is 0.171 e. The van der Waals surface area contributed by atoms with Crippen molar-refractivity contribution in [1.82, 2.24) is 10.6 Å². The van der Waals surface area contributed by atoms with Crippen LogP contribution in [0.25, 0.3) is 0 Å². The van der Waals surface area contributed by atoms with Gasteiger partial charge in [0.1, 0.15) is 0 Å². The Kier molecular flexibility index (Phi) is 2.97. The molecule has 8 heavy (non-hydrogen) atoms. The quantitative estimate of drug-likeness (QED) is 0.437. The van der Waals surface area contributed by atoms with Gasteiger partial charge in [-0.2, -0.15) is 0 Å². The van der Waals surface area contributed by atoms with Crippen molar-refractivity contribution in [2.75, 3.05) is 14.1 Å². The zero-order valence-electron chi connectivity index (χ0n) is 5.65. The number of hydrogen-bond acceptors (Lipinski definition) is 3. The zero-order chi connectivity index (χ0) is 6.62. The molecule has 0 atom stereocenters. The average Bonchev–Trinajstić information content (AvgIpc) is 1.87. The van der Waals surface area contributed by atoms with Crippen LogP contribution in [0.2, 0.25) is 0 Å². The highest BCUT2D eigenvalue weighted by atomic mass is 16.3. The van der Waals surface area contributed by atoms with Crippen LogP contribution in [0.1, 0.15) is 13.3 Å². The largest absolute Gasteiger partial charge is 0.363 e. The van der Waals surface area contributed by atoms with Crippen LogP contribution in [-0.2, 0) is 0 Å². The summed E-state index contributed by atoms with van der Waals surface area (Å²) in [6.45, 7) is 1.90. The van der Waals surface area contributed by atoms with Gasteiger partial charge < -0.3 is 5.11 Å². The summed E-state index contributed by atoms with van der Waals surface area (Å²) in [6, 6.07) is 0. The highest BCUT2D eigenvalue weighted by molar-refractivity contribution is 4.64. The fourth-order valence-electron chi connectivity index (χ4n) is 0.479. The van der Waals surface area contributed by atoms with Crippen molar-refractivity contribution >= 4 is 0 Å². The van der Waals surface area contributed by atoms with Crippen molar-refractivity contribution in [3.05, 3.63) is 0 Å². The third-order valence-electron chi connectivity index (χ3n) is 1.34. The highest BCUT2D eigenvalue weighted by Gasteiger charge is 2.16. The van der Waals surface area contributed by atoms with E-state index in [4.69, 9.17) is 0 Å². The molecule has 3 heteroatoms. The Morgan fingerprint density at radius 3 is 1.75 bits per heavy atom. The second-order valence-electron chi connectivity index (χ2n) is 1.71. The van der Waals surface area contributed by atoms with E-state index in [1.54, 1.807) is 14.1 Å². The lowest BCUT2D eigenvalue weighted by Gasteiger charge is -2.24. The van der Waals surface area contributed by atoms with E-state index in [2.05, 4.69) is 10.6 Å². The molecule has 0 bridgehead atoms. The van der Waals surface area contributed by atoms with Crippen LogP contribution in [-0.4, -0.2) is 25.1 Å². The summed E-state index contributed by atoms with van der Waals surface area (Å²) in [6.07, 6.45) is 0.653. The van der Waals surface area contributed by atoms with Gasteiger partial charge >= 0.3 is 0 Å². The first-order valence-corrected chi connectivity index (χ1v) is 2.78.